The largest absolute Gasteiger partial charge is 0.391 e. The van der Waals surface area contributed by atoms with E-state index in [4.69, 9.17) is 4.84 Å². The van der Waals surface area contributed by atoms with Gasteiger partial charge in [0.05, 0.1) is 12.1 Å². The lowest BCUT2D eigenvalue weighted by Gasteiger charge is -2.13. The van der Waals surface area contributed by atoms with Crippen molar-refractivity contribution in [2.24, 2.45) is 5.16 Å². The fourth-order valence-electron chi connectivity index (χ4n) is 3.24. The zero-order valence-corrected chi connectivity index (χ0v) is 15.7. The Morgan fingerprint density at radius 1 is 1.07 bits per heavy atom. The monoisotopic (exact) mass is 387 g/mol. The van der Waals surface area contributed by atoms with Crippen LogP contribution in [0.4, 0.5) is 5.69 Å². The molecule has 1 aliphatic rings. The molecule has 2 aromatic carbocycles. The summed E-state index contributed by atoms with van der Waals surface area (Å²) in [5.74, 6) is -0.144. The summed E-state index contributed by atoms with van der Waals surface area (Å²) in [6, 6.07) is 20.4. The second-order valence-corrected chi connectivity index (χ2v) is 6.90. The van der Waals surface area contributed by atoms with Crippen LogP contribution in [0.15, 0.2) is 84.3 Å². The highest BCUT2D eigenvalue weighted by Gasteiger charge is 2.25. The lowest BCUT2D eigenvalue weighted by atomic mass is 10.0. The number of nitrogens with zero attached hydrogens (tertiary/aromatic N) is 2. The number of aromatic nitrogens is 1. The number of pyridine rings is 1. The number of benzene rings is 2. The molecule has 0 bridgehead atoms. The summed E-state index contributed by atoms with van der Waals surface area (Å²) in [7, 11) is 0. The molecule has 6 heteroatoms. The normalized spacial score (nSPS) is 16.6. The molecule has 6 nitrogen and oxygen atoms in total. The van der Waals surface area contributed by atoms with Gasteiger partial charge >= 0.3 is 0 Å². The minimum absolute atomic E-state index is 0.144. The van der Waals surface area contributed by atoms with Crippen molar-refractivity contribution in [1.29, 1.82) is 0 Å². The fourth-order valence-corrected chi connectivity index (χ4v) is 3.24. The van der Waals surface area contributed by atoms with Crippen molar-refractivity contribution in [2.75, 3.05) is 5.32 Å². The van der Waals surface area contributed by atoms with Crippen molar-refractivity contribution in [3.8, 4) is 0 Å². The first kappa shape index (κ1) is 18.8. The number of aliphatic hydroxyl groups is 1. The number of hydrogen-bond acceptors (Lipinski definition) is 5. The van der Waals surface area contributed by atoms with Crippen molar-refractivity contribution in [3.05, 3.63) is 95.8 Å². The molecule has 0 fully saturated rings. The predicted octanol–water partition coefficient (Wildman–Crippen LogP) is 3.69. The van der Waals surface area contributed by atoms with Crippen LogP contribution in [-0.2, 0) is 9.63 Å². The standard InChI is InChI=1S/C23H21N3O3/c27-22(14-20-13-21(26-29-20)18-7-4-12-24-15-18)25-19-10-8-17(9-11-19)23(28)16-5-2-1-3-6-16/h1-12,15,20,23,28H,13-14H2,(H,25,27). The van der Waals surface area contributed by atoms with Crippen molar-refractivity contribution >= 4 is 17.3 Å². The number of amides is 1. The van der Waals surface area contributed by atoms with E-state index >= 15 is 0 Å². The van der Waals surface area contributed by atoms with E-state index in [0.717, 1.165) is 22.4 Å². The number of aliphatic hydroxyl groups excluding tert-OH is 1. The van der Waals surface area contributed by atoms with Crippen molar-refractivity contribution in [2.45, 2.75) is 25.0 Å². The summed E-state index contributed by atoms with van der Waals surface area (Å²) in [5, 5.41) is 17.4. The number of rotatable bonds is 6. The second kappa shape index (κ2) is 8.67. The average molecular weight is 387 g/mol. The van der Waals surface area contributed by atoms with Gasteiger partial charge in [-0.1, -0.05) is 47.6 Å². The Morgan fingerprint density at radius 3 is 2.55 bits per heavy atom. The maximum atomic E-state index is 12.3. The molecule has 2 heterocycles. The van der Waals surface area contributed by atoms with E-state index in [0.29, 0.717) is 12.1 Å². The third-order valence-corrected chi connectivity index (χ3v) is 4.77. The van der Waals surface area contributed by atoms with Gasteiger partial charge in [0.1, 0.15) is 12.2 Å². The zero-order valence-electron chi connectivity index (χ0n) is 15.7. The summed E-state index contributed by atoms with van der Waals surface area (Å²) in [6.07, 6.45) is 3.23. The number of carbonyl (C=O) groups is 1. The molecule has 0 saturated heterocycles. The molecule has 0 saturated carbocycles. The van der Waals surface area contributed by atoms with E-state index in [1.54, 1.807) is 24.5 Å². The molecule has 0 spiro atoms. The van der Waals surface area contributed by atoms with Gasteiger partial charge in [-0.05, 0) is 35.4 Å². The number of nitrogens with one attached hydrogen (secondary N) is 1. The topological polar surface area (TPSA) is 83.8 Å². The van der Waals surface area contributed by atoms with Crippen LogP contribution in [0.1, 0.15) is 35.6 Å². The maximum absolute atomic E-state index is 12.3. The highest BCUT2D eigenvalue weighted by molar-refractivity contribution is 6.01. The molecular weight excluding hydrogens is 366 g/mol. The van der Waals surface area contributed by atoms with Gasteiger partial charge in [-0.2, -0.15) is 0 Å². The van der Waals surface area contributed by atoms with E-state index in [1.807, 2.05) is 54.6 Å². The molecule has 0 aliphatic carbocycles. The summed E-state index contributed by atoms with van der Waals surface area (Å²) >= 11 is 0. The van der Waals surface area contributed by atoms with Gasteiger partial charge in [-0.3, -0.25) is 9.78 Å². The molecular formula is C23H21N3O3. The van der Waals surface area contributed by atoms with E-state index < -0.39 is 6.10 Å². The second-order valence-electron chi connectivity index (χ2n) is 6.90. The van der Waals surface area contributed by atoms with Crippen LogP contribution in [-0.4, -0.2) is 27.8 Å². The molecule has 146 valence electrons. The first-order valence-corrected chi connectivity index (χ1v) is 9.45. The maximum Gasteiger partial charge on any atom is 0.228 e. The van der Waals surface area contributed by atoms with Gasteiger partial charge < -0.3 is 15.3 Å². The third-order valence-electron chi connectivity index (χ3n) is 4.77. The van der Waals surface area contributed by atoms with Crippen molar-refractivity contribution < 1.29 is 14.7 Å². The SMILES string of the molecule is O=C(CC1CC(c2cccnc2)=NO1)Nc1ccc(C(O)c2ccccc2)cc1. The third kappa shape index (κ3) is 4.67. The highest BCUT2D eigenvalue weighted by Crippen LogP contribution is 2.24. The van der Waals surface area contributed by atoms with Gasteiger partial charge in [0.25, 0.3) is 0 Å². The van der Waals surface area contributed by atoms with Gasteiger partial charge in [0, 0.05) is 30.1 Å². The van der Waals surface area contributed by atoms with Crippen LogP contribution >= 0.6 is 0 Å². The highest BCUT2D eigenvalue weighted by atomic mass is 16.6. The summed E-state index contributed by atoms with van der Waals surface area (Å²) in [6.45, 7) is 0. The molecule has 0 radical (unpaired) electrons. The molecule has 3 aromatic rings. The lowest BCUT2D eigenvalue weighted by Crippen LogP contribution is -2.20. The average Bonchev–Trinajstić information content (AvgIpc) is 3.23. The van der Waals surface area contributed by atoms with Gasteiger partial charge in [0.15, 0.2) is 0 Å². The summed E-state index contributed by atoms with van der Waals surface area (Å²) < 4.78 is 0. The fraction of sp³-hybridized carbons (Fsp3) is 0.174. The number of oxime groups is 1. The summed E-state index contributed by atoms with van der Waals surface area (Å²) in [4.78, 5) is 21.8. The van der Waals surface area contributed by atoms with Crippen LogP contribution in [0.5, 0.6) is 0 Å². The Hall–Kier alpha value is -3.51. The van der Waals surface area contributed by atoms with Gasteiger partial charge in [0.2, 0.25) is 5.91 Å². The van der Waals surface area contributed by atoms with Crippen LogP contribution in [0.3, 0.4) is 0 Å². The first-order valence-electron chi connectivity index (χ1n) is 9.45. The minimum Gasteiger partial charge on any atom is -0.391 e. The Morgan fingerprint density at radius 2 is 1.83 bits per heavy atom. The minimum atomic E-state index is -0.698. The van der Waals surface area contributed by atoms with Gasteiger partial charge in [-0.15, -0.1) is 0 Å². The molecule has 2 atom stereocenters. The van der Waals surface area contributed by atoms with Crippen molar-refractivity contribution in [3.63, 3.8) is 0 Å². The van der Waals surface area contributed by atoms with Crippen LogP contribution < -0.4 is 5.32 Å². The number of hydrogen-bond donors (Lipinski definition) is 2. The Kier molecular flexibility index (Phi) is 5.63. The molecule has 2 unspecified atom stereocenters. The predicted molar refractivity (Wildman–Crippen MR) is 110 cm³/mol. The van der Waals surface area contributed by atoms with Crippen LogP contribution in [0, 0.1) is 0 Å². The smallest absolute Gasteiger partial charge is 0.228 e. The Bertz CT molecular complexity index is 989. The van der Waals surface area contributed by atoms with E-state index in [-0.39, 0.29) is 18.4 Å². The van der Waals surface area contributed by atoms with Crippen LogP contribution in [0.2, 0.25) is 0 Å². The van der Waals surface area contributed by atoms with Gasteiger partial charge in [-0.25, -0.2) is 0 Å². The Labute approximate surface area is 168 Å². The Balaban J connectivity index is 1.30. The molecule has 2 N–H and O–H groups in total. The first-order chi connectivity index (χ1) is 14.2. The van der Waals surface area contributed by atoms with Crippen LogP contribution in [0.25, 0.3) is 0 Å². The lowest BCUT2D eigenvalue weighted by molar-refractivity contribution is -0.118. The van der Waals surface area contributed by atoms with E-state index in [9.17, 15) is 9.90 Å². The number of anilines is 1. The molecule has 4 rings (SSSR count). The molecule has 1 aliphatic heterocycles. The van der Waals surface area contributed by atoms with Crippen molar-refractivity contribution in [1.82, 2.24) is 4.98 Å². The molecule has 1 aromatic heterocycles. The number of carbonyl (C=O) groups excluding carboxylic acids is 1. The quantitative estimate of drug-likeness (QED) is 0.676. The van der Waals surface area contributed by atoms with E-state index in [2.05, 4.69) is 15.5 Å². The molecule has 1 amide bonds. The molecule has 29 heavy (non-hydrogen) atoms. The summed E-state index contributed by atoms with van der Waals surface area (Å²) in [5.41, 5.74) is 3.97. The zero-order chi connectivity index (χ0) is 20.1. The van der Waals surface area contributed by atoms with E-state index in [1.165, 1.54) is 0 Å².